The highest BCUT2D eigenvalue weighted by Crippen LogP contribution is 2.29. The predicted molar refractivity (Wildman–Crippen MR) is 223 cm³/mol. The van der Waals surface area contributed by atoms with Crippen molar-refractivity contribution in [2.45, 2.75) is 140 Å². The summed E-state index contributed by atoms with van der Waals surface area (Å²) in [5.74, 6) is -2.84. The molecule has 0 unspecified atom stereocenters. The monoisotopic (exact) mass is 691 g/mol. The third-order valence-corrected chi connectivity index (χ3v) is 7.86. The van der Waals surface area contributed by atoms with Crippen LogP contribution in [-0.4, -0.2) is 6.54 Å². The Morgan fingerprint density at radius 3 is 1.48 bits per heavy atom. The lowest BCUT2D eigenvalue weighted by Gasteiger charge is -2.16. The van der Waals surface area contributed by atoms with Crippen LogP contribution in [0.15, 0.2) is 92.0 Å². The maximum absolute atomic E-state index is 13.4. The van der Waals surface area contributed by atoms with Crippen LogP contribution >= 0.6 is 0 Å². The molecular formula is C46H72F2N2. The first-order valence-electron chi connectivity index (χ1n) is 18.8. The van der Waals surface area contributed by atoms with Crippen molar-refractivity contribution in [3.05, 3.63) is 125 Å². The van der Waals surface area contributed by atoms with Gasteiger partial charge < -0.3 is 10.6 Å². The number of benzene rings is 3. The number of alkyl halides is 2. The molecule has 0 amide bonds. The molecule has 0 spiro atoms. The predicted octanol–water partition coefficient (Wildman–Crippen LogP) is 15.2. The van der Waals surface area contributed by atoms with Crippen molar-refractivity contribution in [2.75, 3.05) is 11.9 Å². The first-order chi connectivity index (χ1) is 23.6. The van der Waals surface area contributed by atoms with Gasteiger partial charge in [-0.2, -0.15) is 0 Å². The molecule has 0 heterocycles. The number of anilines is 1. The van der Waals surface area contributed by atoms with E-state index in [2.05, 4.69) is 117 Å². The Bertz CT molecular complexity index is 1300. The Hall–Kier alpha value is -3.66. The molecule has 0 saturated carbocycles. The minimum Gasteiger partial charge on any atom is -0.385 e. The molecule has 0 aliphatic heterocycles. The number of aryl methyl sites for hydroxylation is 3. The second-order valence-electron chi connectivity index (χ2n) is 13.0. The van der Waals surface area contributed by atoms with Crippen LogP contribution in [-0.2, 0) is 5.92 Å². The molecule has 0 atom stereocenters. The largest absolute Gasteiger partial charge is 0.385 e. The fraction of sp³-hybridized carbons (Fsp3) is 0.478. The van der Waals surface area contributed by atoms with E-state index in [1.807, 2.05) is 25.1 Å². The van der Waals surface area contributed by atoms with Crippen LogP contribution in [0.4, 0.5) is 14.5 Å². The summed E-state index contributed by atoms with van der Waals surface area (Å²) in [6, 6.07) is 20.6. The first-order valence-corrected chi connectivity index (χ1v) is 18.8. The lowest BCUT2D eigenvalue weighted by Crippen LogP contribution is -2.13. The van der Waals surface area contributed by atoms with E-state index in [-0.39, 0.29) is 5.56 Å². The van der Waals surface area contributed by atoms with Gasteiger partial charge in [0.1, 0.15) is 0 Å². The zero-order valence-electron chi connectivity index (χ0n) is 33.8. The van der Waals surface area contributed by atoms with E-state index >= 15 is 0 Å². The fourth-order valence-corrected chi connectivity index (χ4v) is 3.80. The summed E-state index contributed by atoms with van der Waals surface area (Å²) in [4.78, 5) is 0. The molecule has 0 aliphatic carbocycles. The zero-order valence-corrected chi connectivity index (χ0v) is 33.8. The van der Waals surface area contributed by atoms with Gasteiger partial charge in [-0.3, -0.25) is 0 Å². The Balaban J connectivity index is 0. The Morgan fingerprint density at radius 2 is 1.10 bits per heavy atom. The molecule has 0 aromatic heterocycles. The van der Waals surface area contributed by atoms with Crippen molar-refractivity contribution in [3.8, 4) is 0 Å². The third kappa shape index (κ3) is 23.7. The molecule has 0 saturated heterocycles. The van der Waals surface area contributed by atoms with Gasteiger partial charge in [-0.05, 0) is 80.8 Å². The van der Waals surface area contributed by atoms with Gasteiger partial charge >= 0.3 is 0 Å². The SMILES string of the molecule is C=C(C)CCCC.C=C(NCCCC)c1ccc(C)c(NC(=C)c2ccc(C(C)(F)F)cc2)c1.CCCC.CCCC.Cc1ccccc1C. The molecule has 2 N–H and O–H groups in total. The van der Waals surface area contributed by atoms with Crippen molar-refractivity contribution >= 4 is 17.1 Å². The summed E-state index contributed by atoms with van der Waals surface area (Å²) in [6.07, 6.45) is 11.3. The van der Waals surface area contributed by atoms with Crippen molar-refractivity contribution in [1.82, 2.24) is 5.32 Å². The fourth-order valence-electron chi connectivity index (χ4n) is 3.80. The van der Waals surface area contributed by atoms with Crippen LogP contribution in [0.5, 0.6) is 0 Å². The first kappa shape index (κ1) is 48.5. The molecule has 3 aromatic carbocycles. The number of hydrogen-bond acceptors (Lipinski definition) is 2. The molecule has 0 aliphatic rings. The molecule has 3 aromatic rings. The molecular weight excluding hydrogens is 619 g/mol. The smallest absolute Gasteiger partial charge is 0.270 e. The Kier molecular flexibility index (Phi) is 28.2. The maximum Gasteiger partial charge on any atom is 0.270 e. The highest BCUT2D eigenvalue weighted by Gasteiger charge is 2.23. The molecule has 0 radical (unpaired) electrons. The van der Waals surface area contributed by atoms with E-state index in [0.717, 1.165) is 54.4 Å². The van der Waals surface area contributed by atoms with Gasteiger partial charge in [0.05, 0.1) is 0 Å². The summed E-state index contributed by atoms with van der Waals surface area (Å²) in [6.45, 7) is 35.1. The summed E-state index contributed by atoms with van der Waals surface area (Å²) < 4.78 is 26.7. The molecule has 4 heteroatoms. The Morgan fingerprint density at radius 1 is 0.620 bits per heavy atom. The quantitative estimate of drug-likeness (QED) is 0.130. The number of unbranched alkanes of at least 4 members (excludes halogenated alkanes) is 4. The lowest BCUT2D eigenvalue weighted by molar-refractivity contribution is 0.0175. The van der Waals surface area contributed by atoms with E-state index in [1.165, 1.54) is 73.8 Å². The average molecular weight is 691 g/mol. The van der Waals surface area contributed by atoms with Gasteiger partial charge in [-0.25, -0.2) is 8.78 Å². The minimum absolute atomic E-state index is 0.00770. The van der Waals surface area contributed by atoms with E-state index < -0.39 is 5.92 Å². The summed E-state index contributed by atoms with van der Waals surface area (Å²) in [5, 5.41) is 6.63. The van der Waals surface area contributed by atoms with Gasteiger partial charge in [-0.1, -0.05) is 159 Å². The van der Waals surface area contributed by atoms with Gasteiger partial charge in [0.2, 0.25) is 0 Å². The highest BCUT2D eigenvalue weighted by atomic mass is 19.3. The van der Waals surface area contributed by atoms with Crippen molar-refractivity contribution in [1.29, 1.82) is 0 Å². The zero-order chi connectivity index (χ0) is 38.5. The molecule has 2 nitrogen and oxygen atoms in total. The van der Waals surface area contributed by atoms with Crippen LogP contribution in [0.25, 0.3) is 11.4 Å². The minimum atomic E-state index is -2.84. The number of allylic oxidation sites excluding steroid dienone is 1. The van der Waals surface area contributed by atoms with Gasteiger partial charge in [0.25, 0.3) is 5.92 Å². The number of halogens is 2. The number of rotatable bonds is 14. The highest BCUT2D eigenvalue weighted by molar-refractivity contribution is 5.78. The van der Waals surface area contributed by atoms with Gasteiger partial charge in [0, 0.05) is 36.1 Å². The standard InChI is InChI=1S/C23H28F2N2.C8H10.C7H14.2C4H10/c1-6-7-14-26-17(3)20-9-8-16(2)22(15-20)27-18(4)19-10-12-21(13-11-19)23(5,24)25;1-7-5-3-4-6-8(7)2;1-4-5-6-7(2)3;2*1-3-4-2/h8-13,15,26-27H,3-4,6-7,14H2,1-2,5H3;3-6H,1-2H3;2,4-6H2,1,3H3;2*3-4H2,1-2H3. The summed E-state index contributed by atoms with van der Waals surface area (Å²) in [5.41, 5.74) is 9.34. The Labute approximate surface area is 307 Å². The van der Waals surface area contributed by atoms with Crippen LogP contribution in [0.1, 0.15) is 147 Å². The van der Waals surface area contributed by atoms with Crippen LogP contribution in [0, 0.1) is 20.8 Å². The van der Waals surface area contributed by atoms with Crippen molar-refractivity contribution < 1.29 is 8.78 Å². The van der Waals surface area contributed by atoms with E-state index in [1.54, 1.807) is 12.1 Å². The molecule has 3 rings (SSSR count). The molecule has 0 fully saturated rings. The molecule has 50 heavy (non-hydrogen) atoms. The average Bonchev–Trinajstić information content (AvgIpc) is 3.10. The maximum atomic E-state index is 13.4. The lowest BCUT2D eigenvalue weighted by atomic mass is 10.0. The topological polar surface area (TPSA) is 24.1 Å². The second kappa shape index (κ2) is 29.1. The van der Waals surface area contributed by atoms with Crippen LogP contribution in [0.3, 0.4) is 0 Å². The van der Waals surface area contributed by atoms with Crippen LogP contribution in [0.2, 0.25) is 0 Å². The normalized spacial score (nSPS) is 9.94. The van der Waals surface area contributed by atoms with Crippen LogP contribution < -0.4 is 10.6 Å². The molecule has 0 bridgehead atoms. The summed E-state index contributed by atoms with van der Waals surface area (Å²) >= 11 is 0. The number of nitrogens with one attached hydrogen (secondary N) is 2. The number of hydrogen-bond donors (Lipinski definition) is 2. The third-order valence-electron chi connectivity index (χ3n) is 7.86. The van der Waals surface area contributed by atoms with Gasteiger partial charge in [-0.15, -0.1) is 6.58 Å². The van der Waals surface area contributed by atoms with E-state index in [0.29, 0.717) is 5.70 Å². The van der Waals surface area contributed by atoms with Crippen molar-refractivity contribution in [2.24, 2.45) is 0 Å². The summed E-state index contributed by atoms with van der Waals surface area (Å²) in [7, 11) is 0. The van der Waals surface area contributed by atoms with E-state index in [4.69, 9.17) is 0 Å². The van der Waals surface area contributed by atoms with E-state index in [9.17, 15) is 8.78 Å². The van der Waals surface area contributed by atoms with Gasteiger partial charge in [0.15, 0.2) is 0 Å². The van der Waals surface area contributed by atoms with Crippen molar-refractivity contribution in [3.63, 3.8) is 0 Å². The second-order valence-corrected chi connectivity index (χ2v) is 13.0. The molecule has 280 valence electrons.